The second kappa shape index (κ2) is 5.19. The number of nitrogens with one attached hydrogen (secondary N) is 1. The summed E-state index contributed by atoms with van der Waals surface area (Å²) in [7, 11) is 0. The SMILES string of the molecule is Fc1ccc(C2CSCCCN2)c(Cl)c1. The molecule has 0 spiro atoms. The molecule has 0 aliphatic carbocycles. The van der Waals surface area contributed by atoms with E-state index in [2.05, 4.69) is 5.32 Å². The Labute approximate surface area is 98.4 Å². The van der Waals surface area contributed by atoms with Crippen LogP contribution in [0, 0.1) is 5.82 Å². The van der Waals surface area contributed by atoms with Gasteiger partial charge in [-0.1, -0.05) is 17.7 Å². The molecule has 4 heteroatoms. The molecule has 0 aromatic heterocycles. The Bertz CT molecular complexity index is 337. The lowest BCUT2D eigenvalue weighted by molar-refractivity contribution is 0.585. The van der Waals surface area contributed by atoms with E-state index in [1.165, 1.54) is 24.3 Å². The van der Waals surface area contributed by atoms with Crippen molar-refractivity contribution in [3.05, 3.63) is 34.6 Å². The molecule has 2 rings (SSSR count). The van der Waals surface area contributed by atoms with Crippen LogP contribution in [-0.4, -0.2) is 18.1 Å². The molecule has 0 saturated carbocycles. The van der Waals surface area contributed by atoms with Gasteiger partial charge in [-0.25, -0.2) is 4.39 Å². The first-order valence-electron chi connectivity index (χ1n) is 5.03. The van der Waals surface area contributed by atoms with Crippen LogP contribution < -0.4 is 5.32 Å². The van der Waals surface area contributed by atoms with Crippen LogP contribution in [0.4, 0.5) is 4.39 Å². The van der Waals surface area contributed by atoms with Crippen LogP contribution >= 0.6 is 23.4 Å². The highest BCUT2D eigenvalue weighted by Gasteiger charge is 2.16. The average Bonchev–Trinajstić information content (AvgIpc) is 2.46. The summed E-state index contributed by atoms with van der Waals surface area (Å²) in [4.78, 5) is 0. The van der Waals surface area contributed by atoms with Gasteiger partial charge in [0.15, 0.2) is 0 Å². The highest BCUT2D eigenvalue weighted by Crippen LogP contribution is 2.28. The first kappa shape index (κ1) is 11.2. The van der Waals surface area contributed by atoms with Gasteiger partial charge < -0.3 is 5.32 Å². The molecule has 1 unspecified atom stereocenters. The second-order valence-corrected chi connectivity index (χ2v) is 5.16. The lowest BCUT2D eigenvalue weighted by Gasteiger charge is -2.17. The van der Waals surface area contributed by atoms with E-state index >= 15 is 0 Å². The van der Waals surface area contributed by atoms with Crippen molar-refractivity contribution in [2.45, 2.75) is 12.5 Å². The van der Waals surface area contributed by atoms with Crippen molar-refractivity contribution in [2.75, 3.05) is 18.1 Å². The standard InChI is InChI=1S/C11H13ClFNS/c12-10-6-8(13)2-3-9(10)11-7-15-5-1-4-14-11/h2-3,6,11,14H,1,4-5,7H2. The van der Waals surface area contributed by atoms with Crippen molar-refractivity contribution in [3.8, 4) is 0 Å². The molecule has 1 aliphatic rings. The smallest absolute Gasteiger partial charge is 0.124 e. The Kier molecular flexibility index (Phi) is 3.89. The molecule has 1 aliphatic heterocycles. The van der Waals surface area contributed by atoms with Gasteiger partial charge in [-0.2, -0.15) is 11.8 Å². The summed E-state index contributed by atoms with van der Waals surface area (Å²) >= 11 is 7.94. The van der Waals surface area contributed by atoms with Gasteiger partial charge in [0.05, 0.1) is 0 Å². The molecule has 0 radical (unpaired) electrons. The third-order valence-corrected chi connectivity index (χ3v) is 3.95. The maximum absolute atomic E-state index is 12.9. The number of halogens is 2. The third kappa shape index (κ3) is 2.86. The fourth-order valence-corrected chi connectivity index (χ4v) is 3.04. The Morgan fingerprint density at radius 3 is 3.13 bits per heavy atom. The average molecular weight is 246 g/mol. The van der Waals surface area contributed by atoms with E-state index in [0.29, 0.717) is 5.02 Å². The van der Waals surface area contributed by atoms with E-state index in [9.17, 15) is 4.39 Å². The summed E-state index contributed by atoms with van der Waals surface area (Å²) in [5, 5.41) is 3.95. The van der Waals surface area contributed by atoms with E-state index in [1.54, 1.807) is 6.07 Å². The lowest BCUT2D eigenvalue weighted by Crippen LogP contribution is -2.22. The van der Waals surface area contributed by atoms with Gasteiger partial charge in [-0.15, -0.1) is 0 Å². The van der Waals surface area contributed by atoms with E-state index in [4.69, 9.17) is 11.6 Å². The summed E-state index contributed by atoms with van der Waals surface area (Å²) in [6.07, 6.45) is 1.18. The lowest BCUT2D eigenvalue weighted by atomic mass is 10.1. The molecule has 1 aromatic carbocycles. The van der Waals surface area contributed by atoms with E-state index in [-0.39, 0.29) is 11.9 Å². The number of thioether (sulfide) groups is 1. The second-order valence-electron chi connectivity index (χ2n) is 3.60. The molecular formula is C11H13ClFNS. The summed E-state index contributed by atoms with van der Waals surface area (Å²) in [5.74, 6) is 1.92. The predicted molar refractivity (Wildman–Crippen MR) is 64.1 cm³/mol. The Morgan fingerprint density at radius 2 is 2.33 bits per heavy atom. The van der Waals surface area contributed by atoms with Crippen molar-refractivity contribution in [3.63, 3.8) is 0 Å². The van der Waals surface area contributed by atoms with Crippen molar-refractivity contribution < 1.29 is 4.39 Å². The molecule has 0 bridgehead atoms. The minimum Gasteiger partial charge on any atom is -0.309 e. The van der Waals surface area contributed by atoms with E-state index < -0.39 is 0 Å². The molecule has 1 heterocycles. The normalized spacial score (nSPS) is 22.4. The first-order chi connectivity index (χ1) is 7.27. The topological polar surface area (TPSA) is 12.0 Å². The molecular weight excluding hydrogens is 233 g/mol. The van der Waals surface area contributed by atoms with Gasteiger partial charge in [-0.05, 0) is 36.4 Å². The van der Waals surface area contributed by atoms with Crippen LogP contribution in [0.2, 0.25) is 5.02 Å². The van der Waals surface area contributed by atoms with Crippen LogP contribution in [0.15, 0.2) is 18.2 Å². The molecule has 1 atom stereocenters. The Balaban J connectivity index is 2.19. The predicted octanol–water partition coefficient (Wildman–Crippen LogP) is 3.25. The van der Waals surface area contributed by atoms with E-state index in [1.807, 2.05) is 11.8 Å². The molecule has 82 valence electrons. The fourth-order valence-electron chi connectivity index (χ4n) is 1.69. The van der Waals surface area contributed by atoms with Gasteiger partial charge in [0.2, 0.25) is 0 Å². The van der Waals surface area contributed by atoms with Gasteiger partial charge in [0.25, 0.3) is 0 Å². The van der Waals surface area contributed by atoms with Crippen LogP contribution in [-0.2, 0) is 0 Å². The Morgan fingerprint density at radius 1 is 1.47 bits per heavy atom. The van der Waals surface area contributed by atoms with Crippen molar-refractivity contribution in [2.24, 2.45) is 0 Å². The van der Waals surface area contributed by atoms with Crippen LogP contribution in [0.1, 0.15) is 18.0 Å². The summed E-state index contributed by atoms with van der Waals surface area (Å²) in [5.41, 5.74) is 1.01. The number of benzene rings is 1. The van der Waals surface area contributed by atoms with Crippen molar-refractivity contribution >= 4 is 23.4 Å². The summed E-state index contributed by atoms with van der Waals surface area (Å²) in [6.45, 7) is 1.01. The van der Waals surface area contributed by atoms with Gasteiger partial charge in [0.1, 0.15) is 5.82 Å². The highest BCUT2D eigenvalue weighted by molar-refractivity contribution is 7.99. The third-order valence-electron chi connectivity index (χ3n) is 2.48. The van der Waals surface area contributed by atoms with Crippen LogP contribution in [0.5, 0.6) is 0 Å². The fraction of sp³-hybridized carbons (Fsp3) is 0.455. The molecule has 0 amide bonds. The quantitative estimate of drug-likeness (QED) is 0.815. The monoisotopic (exact) mass is 245 g/mol. The largest absolute Gasteiger partial charge is 0.309 e. The van der Waals surface area contributed by atoms with E-state index in [0.717, 1.165) is 17.9 Å². The summed E-state index contributed by atoms with van der Waals surface area (Å²) in [6, 6.07) is 4.89. The molecule has 1 fully saturated rings. The van der Waals surface area contributed by atoms with Gasteiger partial charge in [-0.3, -0.25) is 0 Å². The molecule has 15 heavy (non-hydrogen) atoms. The first-order valence-corrected chi connectivity index (χ1v) is 6.57. The van der Waals surface area contributed by atoms with Crippen molar-refractivity contribution in [1.29, 1.82) is 0 Å². The number of hydrogen-bond donors (Lipinski definition) is 1. The molecule has 1 nitrogen and oxygen atoms in total. The minimum absolute atomic E-state index is 0.255. The maximum atomic E-state index is 12.9. The molecule has 1 saturated heterocycles. The molecule has 1 aromatic rings. The van der Waals surface area contributed by atoms with Gasteiger partial charge >= 0.3 is 0 Å². The number of rotatable bonds is 1. The zero-order valence-electron chi connectivity index (χ0n) is 8.30. The van der Waals surface area contributed by atoms with Gasteiger partial charge in [0, 0.05) is 16.8 Å². The minimum atomic E-state index is -0.273. The van der Waals surface area contributed by atoms with Crippen molar-refractivity contribution in [1.82, 2.24) is 5.32 Å². The maximum Gasteiger partial charge on any atom is 0.124 e. The molecule has 1 N–H and O–H groups in total. The van der Waals surface area contributed by atoms with Crippen LogP contribution in [0.3, 0.4) is 0 Å². The Hall–Kier alpha value is -0.250. The zero-order chi connectivity index (χ0) is 10.7. The van der Waals surface area contributed by atoms with Crippen LogP contribution in [0.25, 0.3) is 0 Å². The number of hydrogen-bond acceptors (Lipinski definition) is 2. The zero-order valence-corrected chi connectivity index (χ0v) is 9.87. The highest BCUT2D eigenvalue weighted by atomic mass is 35.5. The summed E-state index contributed by atoms with van der Waals surface area (Å²) < 4.78 is 12.9.